The predicted molar refractivity (Wildman–Crippen MR) is 87.0 cm³/mol. The fraction of sp³-hybridized carbons (Fsp3) is 1.00. The molecule has 1 N–H and O–H groups in total. The molecule has 2 aliphatic rings. The van der Waals surface area contributed by atoms with Crippen molar-refractivity contribution in [3.05, 3.63) is 0 Å². The van der Waals surface area contributed by atoms with E-state index in [4.69, 9.17) is 0 Å². The van der Waals surface area contributed by atoms with Gasteiger partial charge in [-0.1, -0.05) is 19.8 Å². The highest BCUT2D eigenvalue weighted by Gasteiger charge is 2.36. The van der Waals surface area contributed by atoms with E-state index in [1.165, 1.54) is 70.3 Å². The first-order valence-corrected chi connectivity index (χ1v) is 9.71. The first kappa shape index (κ1) is 15.7. The molecule has 0 aromatic carbocycles. The van der Waals surface area contributed by atoms with Crippen LogP contribution in [0, 0.1) is 5.92 Å². The molecule has 2 rings (SSSR count). The maximum absolute atomic E-state index is 3.79. The minimum atomic E-state index is 0.793. The van der Waals surface area contributed by atoms with Crippen LogP contribution in [0.15, 0.2) is 0 Å². The molecule has 112 valence electrons. The van der Waals surface area contributed by atoms with Crippen molar-refractivity contribution in [3.63, 3.8) is 0 Å². The Balaban J connectivity index is 1.63. The lowest BCUT2D eigenvalue weighted by atomic mass is 10.0. The van der Waals surface area contributed by atoms with Crippen LogP contribution in [0.1, 0.15) is 51.9 Å². The van der Waals surface area contributed by atoms with Crippen LogP contribution in [0.4, 0.5) is 0 Å². The standard InChI is InChI=1S/C16H32N2S/c1-3-15-12-17-16(14-8-9-14)13-18(15)10-6-4-5-7-11-19-2/h14-17H,3-13H2,1-2H3. The van der Waals surface area contributed by atoms with E-state index in [-0.39, 0.29) is 0 Å². The molecule has 2 atom stereocenters. The quantitative estimate of drug-likeness (QED) is 0.654. The summed E-state index contributed by atoms with van der Waals surface area (Å²) < 4.78 is 0. The van der Waals surface area contributed by atoms with Gasteiger partial charge in [0.15, 0.2) is 0 Å². The first-order valence-electron chi connectivity index (χ1n) is 8.31. The Morgan fingerprint density at radius 1 is 1.16 bits per heavy atom. The molecule has 3 heteroatoms. The third-order valence-corrected chi connectivity index (χ3v) is 5.47. The molecular weight excluding hydrogens is 252 g/mol. The lowest BCUT2D eigenvalue weighted by molar-refractivity contribution is 0.117. The van der Waals surface area contributed by atoms with Crippen molar-refractivity contribution in [2.24, 2.45) is 5.92 Å². The van der Waals surface area contributed by atoms with Crippen LogP contribution >= 0.6 is 11.8 Å². The highest BCUT2D eigenvalue weighted by Crippen LogP contribution is 2.34. The fourth-order valence-corrected chi connectivity index (χ4v) is 3.78. The van der Waals surface area contributed by atoms with Gasteiger partial charge in [-0.15, -0.1) is 0 Å². The van der Waals surface area contributed by atoms with Crippen molar-refractivity contribution < 1.29 is 0 Å². The third kappa shape index (κ3) is 5.28. The number of rotatable bonds is 9. The highest BCUT2D eigenvalue weighted by molar-refractivity contribution is 7.98. The topological polar surface area (TPSA) is 15.3 Å². The van der Waals surface area contributed by atoms with E-state index in [0.717, 1.165) is 18.0 Å². The van der Waals surface area contributed by atoms with Gasteiger partial charge >= 0.3 is 0 Å². The van der Waals surface area contributed by atoms with Crippen molar-refractivity contribution in [1.29, 1.82) is 0 Å². The van der Waals surface area contributed by atoms with Crippen LogP contribution < -0.4 is 5.32 Å². The summed E-state index contributed by atoms with van der Waals surface area (Å²) in [6.07, 6.45) is 12.1. The van der Waals surface area contributed by atoms with Gasteiger partial charge in [0.05, 0.1) is 0 Å². The zero-order valence-electron chi connectivity index (χ0n) is 12.9. The van der Waals surface area contributed by atoms with E-state index in [1.807, 2.05) is 11.8 Å². The Morgan fingerprint density at radius 3 is 2.63 bits per heavy atom. The number of nitrogens with one attached hydrogen (secondary N) is 1. The first-order chi connectivity index (χ1) is 9.35. The molecular formula is C16H32N2S. The van der Waals surface area contributed by atoms with Crippen LogP contribution in [0.2, 0.25) is 0 Å². The second-order valence-electron chi connectivity index (χ2n) is 6.32. The molecule has 2 nitrogen and oxygen atoms in total. The van der Waals surface area contributed by atoms with Gasteiger partial charge in [-0.05, 0) is 56.6 Å². The normalized spacial score (nSPS) is 28.7. The van der Waals surface area contributed by atoms with Gasteiger partial charge in [0.1, 0.15) is 0 Å². The molecule has 0 bridgehead atoms. The van der Waals surface area contributed by atoms with Gasteiger partial charge in [-0.2, -0.15) is 11.8 Å². The average molecular weight is 285 g/mol. The summed E-state index contributed by atoms with van der Waals surface area (Å²) in [6, 6.07) is 1.60. The van der Waals surface area contributed by atoms with Crippen LogP contribution in [-0.2, 0) is 0 Å². The number of piperazine rings is 1. The van der Waals surface area contributed by atoms with Gasteiger partial charge in [0.25, 0.3) is 0 Å². The molecule has 19 heavy (non-hydrogen) atoms. The fourth-order valence-electron chi connectivity index (χ4n) is 3.29. The van der Waals surface area contributed by atoms with Crippen molar-refractivity contribution in [2.45, 2.75) is 64.0 Å². The van der Waals surface area contributed by atoms with Crippen LogP contribution in [0.5, 0.6) is 0 Å². The summed E-state index contributed by atoms with van der Waals surface area (Å²) in [5.41, 5.74) is 0. The van der Waals surface area contributed by atoms with E-state index in [1.54, 1.807) is 0 Å². The van der Waals surface area contributed by atoms with Crippen LogP contribution in [0.3, 0.4) is 0 Å². The number of hydrogen-bond acceptors (Lipinski definition) is 3. The Bertz CT molecular complexity index is 243. The summed E-state index contributed by atoms with van der Waals surface area (Å²) >= 11 is 1.98. The van der Waals surface area contributed by atoms with E-state index in [0.29, 0.717) is 0 Å². The van der Waals surface area contributed by atoms with Crippen molar-refractivity contribution in [2.75, 3.05) is 31.6 Å². The molecule has 1 saturated heterocycles. The number of nitrogens with zero attached hydrogens (tertiary/aromatic N) is 1. The molecule has 2 unspecified atom stereocenters. The summed E-state index contributed by atoms with van der Waals surface area (Å²) in [4.78, 5) is 2.79. The van der Waals surface area contributed by atoms with Gasteiger partial charge in [0, 0.05) is 25.2 Å². The minimum absolute atomic E-state index is 0.793. The summed E-state index contributed by atoms with van der Waals surface area (Å²) in [5, 5.41) is 3.79. The SMILES string of the molecule is CCC1CNC(C2CC2)CN1CCCCCCSC. The van der Waals surface area contributed by atoms with E-state index >= 15 is 0 Å². The lowest BCUT2D eigenvalue weighted by Gasteiger charge is -2.40. The molecule has 0 aromatic heterocycles. The highest BCUT2D eigenvalue weighted by atomic mass is 32.2. The molecule has 1 saturated carbocycles. The third-order valence-electron chi connectivity index (χ3n) is 4.77. The molecule has 0 amide bonds. The Hall–Kier alpha value is 0.270. The lowest BCUT2D eigenvalue weighted by Crippen LogP contribution is -2.57. The summed E-state index contributed by atoms with van der Waals surface area (Å²) in [7, 11) is 0. The van der Waals surface area contributed by atoms with Crippen molar-refractivity contribution in [1.82, 2.24) is 10.2 Å². The zero-order valence-corrected chi connectivity index (χ0v) is 13.7. The average Bonchev–Trinajstić information content (AvgIpc) is 3.27. The van der Waals surface area contributed by atoms with Gasteiger partial charge in [-0.3, -0.25) is 4.90 Å². The summed E-state index contributed by atoms with van der Waals surface area (Å²) in [6.45, 7) is 6.22. The van der Waals surface area contributed by atoms with Crippen LogP contribution in [-0.4, -0.2) is 48.6 Å². The Labute approximate surface area is 124 Å². The number of thioether (sulfide) groups is 1. The van der Waals surface area contributed by atoms with Crippen LogP contribution in [0.25, 0.3) is 0 Å². The van der Waals surface area contributed by atoms with E-state index < -0.39 is 0 Å². The zero-order chi connectivity index (χ0) is 13.5. The van der Waals surface area contributed by atoms with Gasteiger partial charge < -0.3 is 5.32 Å². The van der Waals surface area contributed by atoms with Crippen molar-refractivity contribution >= 4 is 11.8 Å². The molecule has 2 fully saturated rings. The predicted octanol–water partition coefficient (Wildman–Crippen LogP) is 3.37. The minimum Gasteiger partial charge on any atom is -0.311 e. The van der Waals surface area contributed by atoms with Crippen molar-refractivity contribution in [3.8, 4) is 0 Å². The van der Waals surface area contributed by atoms with E-state index in [9.17, 15) is 0 Å². The monoisotopic (exact) mass is 284 g/mol. The summed E-state index contributed by atoms with van der Waals surface area (Å²) in [5.74, 6) is 2.34. The molecule has 1 aliphatic carbocycles. The van der Waals surface area contributed by atoms with E-state index in [2.05, 4.69) is 23.4 Å². The van der Waals surface area contributed by atoms with Gasteiger partial charge in [-0.25, -0.2) is 0 Å². The molecule has 0 spiro atoms. The molecule has 1 aliphatic heterocycles. The second kappa shape index (κ2) is 8.53. The molecule has 0 radical (unpaired) electrons. The Kier molecular flexibility index (Phi) is 7.03. The smallest absolute Gasteiger partial charge is 0.0224 e. The maximum atomic E-state index is 3.79. The molecule has 1 heterocycles. The maximum Gasteiger partial charge on any atom is 0.0224 e. The number of hydrogen-bond donors (Lipinski definition) is 1. The largest absolute Gasteiger partial charge is 0.311 e. The second-order valence-corrected chi connectivity index (χ2v) is 7.30. The van der Waals surface area contributed by atoms with Gasteiger partial charge in [0.2, 0.25) is 0 Å². The molecule has 0 aromatic rings. The Morgan fingerprint density at radius 2 is 1.95 bits per heavy atom. The number of unbranched alkanes of at least 4 members (excludes halogenated alkanes) is 3.